The van der Waals surface area contributed by atoms with Gasteiger partial charge in [0, 0.05) is 25.4 Å². The van der Waals surface area contributed by atoms with Gasteiger partial charge >= 0.3 is 0 Å². The first-order valence-corrected chi connectivity index (χ1v) is 6.39. The fraction of sp³-hybridized carbons (Fsp3) is 0.462. The van der Waals surface area contributed by atoms with E-state index in [9.17, 15) is 4.79 Å². The molecule has 92 valence electrons. The van der Waals surface area contributed by atoms with Gasteiger partial charge in [-0.1, -0.05) is 36.2 Å². The van der Waals surface area contributed by atoms with E-state index in [1.165, 1.54) is 0 Å². The Labute approximate surface area is 112 Å². The van der Waals surface area contributed by atoms with Crippen LogP contribution < -0.4 is 0 Å². The van der Waals surface area contributed by atoms with Gasteiger partial charge < -0.3 is 4.90 Å². The molecule has 1 aromatic rings. The summed E-state index contributed by atoms with van der Waals surface area (Å²) >= 11 is 12.0. The number of halogens is 2. The van der Waals surface area contributed by atoms with Crippen molar-refractivity contribution < 1.29 is 4.79 Å². The highest BCUT2D eigenvalue weighted by Crippen LogP contribution is 2.36. The van der Waals surface area contributed by atoms with E-state index in [1.807, 2.05) is 23.1 Å². The van der Waals surface area contributed by atoms with Crippen LogP contribution in [0.5, 0.6) is 0 Å². The first-order chi connectivity index (χ1) is 7.92. The average Bonchev–Trinajstić information content (AvgIpc) is 2.66. The summed E-state index contributed by atoms with van der Waals surface area (Å²) in [6.45, 7) is 5.34. The second kappa shape index (κ2) is 4.51. The third kappa shape index (κ3) is 2.43. The topological polar surface area (TPSA) is 20.3 Å². The maximum absolute atomic E-state index is 11.4. The summed E-state index contributed by atoms with van der Waals surface area (Å²) in [5.74, 6) is 0.133. The lowest BCUT2D eigenvalue weighted by molar-refractivity contribution is -0.127. The number of carbonyl (C=O) groups is 1. The maximum Gasteiger partial charge on any atom is 0.219 e. The minimum absolute atomic E-state index is 0.0140. The standard InChI is InChI=1S/C13H15Cl2NO/c1-9(17)16-6-5-13(2,8-16)10-3-4-11(14)12(15)7-10/h3-4,7H,5-6,8H2,1-2H3. The largest absolute Gasteiger partial charge is 0.342 e. The van der Waals surface area contributed by atoms with Crippen molar-refractivity contribution in [2.45, 2.75) is 25.7 Å². The summed E-state index contributed by atoms with van der Waals surface area (Å²) in [7, 11) is 0. The number of likely N-dealkylation sites (tertiary alicyclic amines) is 1. The number of hydrogen-bond acceptors (Lipinski definition) is 1. The minimum Gasteiger partial charge on any atom is -0.342 e. The Bertz CT molecular complexity index is 461. The van der Waals surface area contributed by atoms with Gasteiger partial charge in [-0.25, -0.2) is 0 Å². The van der Waals surface area contributed by atoms with Crippen molar-refractivity contribution in [3.8, 4) is 0 Å². The summed E-state index contributed by atoms with van der Waals surface area (Å²) in [6, 6.07) is 5.73. The van der Waals surface area contributed by atoms with Crippen molar-refractivity contribution in [2.75, 3.05) is 13.1 Å². The summed E-state index contributed by atoms with van der Waals surface area (Å²) < 4.78 is 0. The van der Waals surface area contributed by atoms with Gasteiger partial charge in [0.1, 0.15) is 0 Å². The molecule has 0 N–H and O–H groups in total. The van der Waals surface area contributed by atoms with Crippen LogP contribution in [0.3, 0.4) is 0 Å². The van der Waals surface area contributed by atoms with Crippen molar-refractivity contribution >= 4 is 29.1 Å². The van der Waals surface area contributed by atoms with E-state index in [1.54, 1.807) is 6.92 Å². The lowest BCUT2D eigenvalue weighted by Crippen LogP contribution is -2.31. The van der Waals surface area contributed by atoms with E-state index in [0.29, 0.717) is 10.0 Å². The molecule has 1 aliphatic heterocycles. The normalized spacial score (nSPS) is 24.1. The molecule has 0 radical (unpaired) electrons. The highest BCUT2D eigenvalue weighted by molar-refractivity contribution is 6.42. The van der Waals surface area contributed by atoms with Gasteiger partial charge in [0.05, 0.1) is 10.0 Å². The molecule has 1 fully saturated rings. The molecule has 17 heavy (non-hydrogen) atoms. The van der Waals surface area contributed by atoms with Crippen molar-refractivity contribution in [2.24, 2.45) is 0 Å². The van der Waals surface area contributed by atoms with E-state index in [-0.39, 0.29) is 11.3 Å². The van der Waals surface area contributed by atoms with Crippen LogP contribution in [0.4, 0.5) is 0 Å². The van der Waals surface area contributed by atoms with Crippen LogP contribution in [0, 0.1) is 0 Å². The summed E-state index contributed by atoms with van der Waals surface area (Å²) in [4.78, 5) is 13.2. The average molecular weight is 272 g/mol. The molecule has 0 bridgehead atoms. The van der Waals surface area contributed by atoms with E-state index in [0.717, 1.165) is 25.1 Å². The van der Waals surface area contributed by atoms with Gasteiger partial charge in [-0.3, -0.25) is 4.79 Å². The molecule has 1 aromatic carbocycles. The van der Waals surface area contributed by atoms with E-state index < -0.39 is 0 Å². The van der Waals surface area contributed by atoms with Crippen LogP contribution in [0.15, 0.2) is 18.2 Å². The molecule has 0 aromatic heterocycles. The summed E-state index contributed by atoms with van der Waals surface area (Å²) in [5.41, 5.74) is 1.13. The monoisotopic (exact) mass is 271 g/mol. The Morgan fingerprint density at radius 1 is 1.35 bits per heavy atom. The Morgan fingerprint density at radius 3 is 2.59 bits per heavy atom. The molecule has 0 saturated carbocycles. The Morgan fingerprint density at radius 2 is 2.06 bits per heavy atom. The molecular formula is C13H15Cl2NO. The van der Waals surface area contributed by atoms with Crippen molar-refractivity contribution in [3.05, 3.63) is 33.8 Å². The predicted octanol–water partition coefficient (Wildman–Crippen LogP) is 3.50. The van der Waals surface area contributed by atoms with Crippen LogP contribution in [0.25, 0.3) is 0 Å². The number of nitrogens with zero attached hydrogens (tertiary/aromatic N) is 1. The first-order valence-electron chi connectivity index (χ1n) is 5.63. The van der Waals surface area contributed by atoms with Gasteiger partial charge in [-0.15, -0.1) is 0 Å². The molecule has 1 aliphatic rings. The van der Waals surface area contributed by atoms with Crippen LogP contribution in [0.1, 0.15) is 25.8 Å². The molecule has 0 aliphatic carbocycles. The molecule has 1 amide bonds. The zero-order chi connectivity index (χ0) is 12.6. The van der Waals surface area contributed by atoms with E-state index in [2.05, 4.69) is 6.92 Å². The molecule has 0 spiro atoms. The number of rotatable bonds is 1. The summed E-state index contributed by atoms with van der Waals surface area (Å²) in [6.07, 6.45) is 0.963. The Kier molecular flexibility index (Phi) is 3.37. The molecular weight excluding hydrogens is 257 g/mol. The number of benzene rings is 1. The Hall–Kier alpha value is -0.730. The van der Waals surface area contributed by atoms with Crippen molar-refractivity contribution in [3.63, 3.8) is 0 Å². The van der Waals surface area contributed by atoms with Gasteiger partial charge in [0.25, 0.3) is 0 Å². The zero-order valence-corrected chi connectivity index (χ0v) is 11.5. The SMILES string of the molecule is CC(=O)N1CCC(C)(c2ccc(Cl)c(Cl)c2)C1. The van der Waals surface area contributed by atoms with Crippen molar-refractivity contribution in [1.29, 1.82) is 0 Å². The maximum atomic E-state index is 11.4. The van der Waals surface area contributed by atoms with Crippen LogP contribution in [0.2, 0.25) is 10.0 Å². The van der Waals surface area contributed by atoms with Crippen LogP contribution >= 0.6 is 23.2 Å². The number of carbonyl (C=O) groups excluding carboxylic acids is 1. The smallest absolute Gasteiger partial charge is 0.219 e. The molecule has 1 saturated heterocycles. The number of amides is 1. The van der Waals surface area contributed by atoms with Gasteiger partial charge in [-0.05, 0) is 24.1 Å². The molecule has 4 heteroatoms. The van der Waals surface area contributed by atoms with Gasteiger partial charge in [0.15, 0.2) is 0 Å². The van der Waals surface area contributed by atoms with Gasteiger partial charge in [0.2, 0.25) is 5.91 Å². The first kappa shape index (κ1) is 12.7. The number of hydrogen-bond donors (Lipinski definition) is 0. The third-order valence-corrected chi connectivity index (χ3v) is 4.27. The van der Waals surface area contributed by atoms with Crippen LogP contribution in [-0.4, -0.2) is 23.9 Å². The van der Waals surface area contributed by atoms with E-state index >= 15 is 0 Å². The highest BCUT2D eigenvalue weighted by atomic mass is 35.5. The predicted molar refractivity (Wildman–Crippen MR) is 70.7 cm³/mol. The second-order valence-corrected chi connectivity index (χ2v) is 5.69. The lowest BCUT2D eigenvalue weighted by atomic mass is 9.82. The zero-order valence-electron chi connectivity index (χ0n) is 9.96. The third-order valence-electron chi connectivity index (χ3n) is 3.54. The molecule has 2 rings (SSSR count). The van der Waals surface area contributed by atoms with Crippen molar-refractivity contribution in [1.82, 2.24) is 4.90 Å². The molecule has 1 atom stereocenters. The second-order valence-electron chi connectivity index (χ2n) is 4.88. The molecule has 2 nitrogen and oxygen atoms in total. The summed E-state index contributed by atoms with van der Waals surface area (Å²) in [5, 5.41) is 1.15. The molecule has 1 heterocycles. The van der Waals surface area contributed by atoms with Gasteiger partial charge in [-0.2, -0.15) is 0 Å². The van der Waals surface area contributed by atoms with E-state index in [4.69, 9.17) is 23.2 Å². The lowest BCUT2D eigenvalue weighted by Gasteiger charge is -2.25. The fourth-order valence-electron chi connectivity index (χ4n) is 2.34. The quantitative estimate of drug-likeness (QED) is 0.766. The minimum atomic E-state index is -0.0140. The molecule has 1 unspecified atom stereocenters. The highest BCUT2D eigenvalue weighted by Gasteiger charge is 2.36. The van der Waals surface area contributed by atoms with Crippen LogP contribution in [-0.2, 0) is 10.2 Å². The Balaban J connectivity index is 2.27. The fourth-order valence-corrected chi connectivity index (χ4v) is 2.64.